The van der Waals surface area contributed by atoms with Crippen LogP contribution in [0.4, 0.5) is 0 Å². The van der Waals surface area contributed by atoms with Crippen LogP contribution in [0.25, 0.3) is 0 Å². The van der Waals surface area contributed by atoms with E-state index in [2.05, 4.69) is 104 Å². The third kappa shape index (κ3) is 66.9. The molecule has 0 aromatic heterocycles. The van der Waals surface area contributed by atoms with Gasteiger partial charge in [-0.2, -0.15) is 0 Å². The fraction of sp³-hybridized carbons (Fsp3) is 0.773. The van der Waals surface area contributed by atoms with E-state index in [0.29, 0.717) is 17.4 Å². The Hall–Kier alpha value is -2.58. The molecule has 488 valence electrons. The zero-order valence-electron chi connectivity index (χ0n) is 55.9. The number of unbranched alkanes of at least 4 members (excludes halogenated alkanes) is 38. The number of aliphatic hydroxyl groups excluding tert-OH is 1. The highest BCUT2D eigenvalue weighted by Gasteiger charge is 2.28. The summed E-state index contributed by atoms with van der Waals surface area (Å²) in [5.74, 6) is -0.184. The van der Waals surface area contributed by atoms with Crippen molar-refractivity contribution in [2.24, 2.45) is 0 Å². The molecule has 1 amide bonds. The summed E-state index contributed by atoms with van der Waals surface area (Å²) in [4.78, 5) is 23.4. The number of aliphatic hydroxyl groups is 1. The summed E-state index contributed by atoms with van der Waals surface area (Å²) in [6.07, 6.45) is 94.2. The number of rotatable bonds is 65. The molecule has 0 aliphatic rings. The highest BCUT2D eigenvalue weighted by molar-refractivity contribution is 7.47. The van der Waals surface area contributed by atoms with E-state index in [1.54, 1.807) is 6.08 Å². The normalized spacial score (nSPS) is 14.2. The van der Waals surface area contributed by atoms with Gasteiger partial charge in [0.1, 0.15) is 13.2 Å². The summed E-state index contributed by atoms with van der Waals surface area (Å²) < 4.78 is 23.8. The maximum absolute atomic E-state index is 13.1. The fourth-order valence-electron chi connectivity index (χ4n) is 10.3. The van der Waals surface area contributed by atoms with Gasteiger partial charge in [-0.05, 0) is 83.5 Å². The number of quaternary nitrogens is 1. The number of amides is 1. The molecule has 3 N–H and O–H groups in total. The first-order valence-electron chi connectivity index (χ1n) is 35.6. The molecule has 0 radical (unpaired) electrons. The van der Waals surface area contributed by atoms with Gasteiger partial charge in [-0.3, -0.25) is 13.8 Å². The van der Waals surface area contributed by atoms with Gasteiger partial charge in [-0.15, -0.1) is 0 Å². The van der Waals surface area contributed by atoms with Crippen molar-refractivity contribution in [1.82, 2.24) is 5.32 Å². The molecule has 84 heavy (non-hydrogen) atoms. The van der Waals surface area contributed by atoms with Gasteiger partial charge in [0.05, 0.1) is 39.9 Å². The molecule has 0 saturated carbocycles. The van der Waals surface area contributed by atoms with Crippen molar-refractivity contribution in [3.63, 3.8) is 0 Å². The van der Waals surface area contributed by atoms with E-state index in [1.807, 2.05) is 27.2 Å². The molecular weight excluding hydrogens is 1060 g/mol. The average Bonchev–Trinajstić information content (AvgIpc) is 3.56. The second-order valence-electron chi connectivity index (χ2n) is 25.2. The van der Waals surface area contributed by atoms with Gasteiger partial charge in [-0.25, -0.2) is 4.57 Å². The zero-order chi connectivity index (χ0) is 61.2. The van der Waals surface area contributed by atoms with Crippen LogP contribution < -0.4 is 5.32 Å². The minimum atomic E-state index is -4.37. The second-order valence-corrected chi connectivity index (χ2v) is 26.7. The summed E-state index contributed by atoms with van der Waals surface area (Å²) in [6.45, 7) is 4.71. The number of hydrogen-bond acceptors (Lipinski definition) is 5. The molecule has 3 unspecified atom stereocenters. The molecule has 0 aliphatic carbocycles. The van der Waals surface area contributed by atoms with Crippen molar-refractivity contribution in [2.45, 2.75) is 334 Å². The quantitative estimate of drug-likeness (QED) is 0.0243. The Bertz CT molecular complexity index is 1690. The number of allylic oxidation sites excluding steroid dienone is 15. The number of carbonyl (C=O) groups excluding carboxylic acids is 1. The molecular formula is C75H138N2O6P+. The monoisotopic (exact) mass is 1190 g/mol. The SMILES string of the molecule is CC/C=C\C/C=C\C/C=C\C/C=C\C/C=C\C/C=C\CCCCCCCCCCCCCCCCCCCCC(=O)NC(COP(=O)(O)OCC[N+](C)(C)C)C(O)/C=C/CC/C=C/CCCCCCCCCCCCCCCCCCCCC. The Morgan fingerprint density at radius 1 is 0.417 bits per heavy atom. The Morgan fingerprint density at radius 3 is 1.10 bits per heavy atom. The van der Waals surface area contributed by atoms with Crippen molar-refractivity contribution in [1.29, 1.82) is 0 Å². The number of likely N-dealkylation sites (N-methyl/N-ethyl adjacent to an activating group) is 1. The Kier molecular flexibility index (Phi) is 62.9. The fourth-order valence-corrected chi connectivity index (χ4v) is 11.0. The van der Waals surface area contributed by atoms with Crippen LogP contribution in [-0.4, -0.2) is 73.4 Å². The molecule has 8 nitrogen and oxygen atoms in total. The summed E-state index contributed by atoms with van der Waals surface area (Å²) in [7, 11) is 1.56. The van der Waals surface area contributed by atoms with Gasteiger partial charge < -0.3 is 19.8 Å². The van der Waals surface area contributed by atoms with E-state index < -0.39 is 20.0 Å². The number of carbonyl (C=O) groups is 1. The third-order valence-corrected chi connectivity index (χ3v) is 16.8. The van der Waals surface area contributed by atoms with E-state index in [9.17, 15) is 19.4 Å². The van der Waals surface area contributed by atoms with Crippen molar-refractivity contribution in [2.75, 3.05) is 40.9 Å². The first kappa shape index (κ1) is 81.4. The van der Waals surface area contributed by atoms with Gasteiger partial charge in [0, 0.05) is 6.42 Å². The molecule has 0 aliphatic heterocycles. The standard InChI is InChI=1S/C75H137N2O6P/c1-6-8-10-12-14-16-18-20-22-24-26-28-30-32-33-34-35-36-37-38-39-40-41-42-43-45-47-49-51-53-55-57-59-61-63-65-67-69-75(79)76-73(72-83-84(80,81)82-71-70-77(3,4)5)74(78)68-66-64-62-60-58-56-54-52-50-48-46-44-31-29-27-25-23-21-19-17-15-13-11-9-7-2/h8,10,14,16,20,22,26,28,32-33,35-36,58,60,66,68,73-74,78H,6-7,9,11-13,15,17-19,21,23-25,27,29-31,34,37-57,59,61-65,67,69-72H2,1-5H3,(H-,76,79,80,81)/p+1/b10-8-,16-14-,22-20-,28-26-,33-32-,36-35-,60-58+,68-66+. The lowest BCUT2D eigenvalue weighted by molar-refractivity contribution is -0.870. The minimum absolute atomic E-state index is 0.0545. The molecule has 0 aromatic carbocycles. The van der Waals surface area contributed by atoms with Gasteiger partial charge in [0.15, 0.2) is 0 Å². The molecule has 0 fully saturated rings. The summed E-state index contributed by atoms with van der Waals surface area (Å²) in [5.41, 5.74) is 0. The molecule has 9 heteroatoms. The maximum atomic E-state index is 13.1. The zero-order valence-corrected chi connectivity index (χ0v) is 56.8. The lowest BCUT2D eigenvalue weighted by atomic mass is 10.0. The smallest absolute Gasteiger partial charge is 0.387 e. The predicted octanol–water partition coefficient (Wildman–Crippen LogP) is 22.9. The summed E-state index contributed by atoms with van der Waals surface area (Å²) in [5, 5.41) is 14.0. The summed E-state index contributed by atoms with van der Waals surface area (Å²) in [6, 6.07) is -0.868. The van der Waals surface area contributed by atoms with E-state index in [1.165, 1.54) is 225 Å². The second kappa shape index (κ2) is 64.9. The third-order valence-electron chi connectivity index (χ3n) is 15.8. The van der Waals surface area contributed by atoms with Gasteiger partial charge in [0.25, 0.3) is 0 Å². The number of hydrogen-bond donors (Lipinski definition) is 3. The first-order valence-corrected chi connectivity index (χ1v) is 37.1. The predicted molar refractivity (Wildman–Crippen MR) is 369 cm³/mol. The Morgan fingerprint density at radius 2 is 0.726 bits per heavy atom. The van der Waals surface area contributed by atoms with Crippen LogP contribution in [0.5, 0.6) is 0 Å². The number of phosphoric ester groups is 1. The number of nitrogens with zero attached hydrogens (tertiary/aromatic N) is 1. The van der Waals surface area contributed by atoms with Crippen LogP contribution in [0.3, 0.4) is 0 Å². The van der Waals surface area contributed by atoms with Crippen molar-refractivity contribution < 1.29 is 32.9 Å². The summed E-state index contributed by atoms with van der Waals surface area (Å²) >= 11 is 0. The topological polar surface area (TPSA) is 105 Å². The van der Waals surface area contributed by atoms with Crippen molar-refractivity contribution in [3.8, 4) is 0 Å². The van der Waals surface area contributed by atoms with Crippen LogP contribution in [0.15, 0.2) is 97.2 Å². The molecule has 0 bridgehead atoms. The first-order chi connectivity index (χ1) is 41.0. The molecule has 0 spiro atoms. The van der Waals surface area contributed by atoms with Gasteiger partial charge in [0.2, 0.25) is 5.91 Å². The van der Waals surface area contributed by atoms with Gasteiger partial charge in [-0.1, -0.05) is 329 Å². The van der Waals surface area contributed by atoms with Crippen LogP contribution in [0, 0.1) is 0 Å². The number of nitrogens with one attached hydrogen (secondary N) is 1. The molecule has 0 saturated heterocycles. The Labute approximate surface area is 521 Å². The highest BCUT2D eigenvalue weighted by Crippen LogP contribution is 2.43. The molecule has 0 heterocycles. The lowest BCUT2D eigenvalue weighted by Crippen LogP contribution is -2.45. The molecule has 3 atom stereocenters. The van der Waals surface area contributed by atoms with E-state index in [0.717, 1.165) is 77.0 Å². The average molecular weight is 1190 g/mol. The van der Waals surface area contributed by atoms with Crippen molar-refractivity contribution in [3.05, 3.63) is 97.2 Å². The van der Waals surface area contributed by atoms with Crippen LogP contribution in [-0.2, 0) is 18.4 Å². The molecule has 0 rings (SSSR count). The van der Waals surface area contributed by atoms with Crippen LogP contribution >= 0.6 is 7.82 Å². The van der Waals surface area contributed by atoms with E-state index >= 15 is 0 Å². The van der Waals surface area contributed by atoms with E-state index in [4.69, 9.17) is 9.05 Å². The molecule has 0 aromatic rings. The van der Waals surface area contributed by atoms with Crippen LogP contribution in [0.2, 0.25) is 0 Å². The van der Waals surface area contributed by atoms with Crippen molar-refractivity contribution >= 4 is 13.7 Å². The minimum Gasteiger partial charge on any atom is -0.387 e. The Balaban J connectivity index is 4.06. The van der Waals surface area contributed by atoms with Crippen LogP contribution in [0.1, 0.15) is 322 Å². The van der Waals surface area contributed by atoms with E-state index in [-0.39, 0.29) is 19.1 Å². The maximum Gasteiger partial charge on any atom is 0.472 e. The van der Waals surface area contributed by atoms with Gasteiger partial charge >= 0.3 is 7.82 Å². The largest absolute Gasteiger partial charge is 0.472 e. The highest BCUT2D eigenvalue weighted by atomic mass is 31.2. The lowest BCUT2D eigenvalue weighted by Gasteiger charge is -2.25. The number of phosphoric acid groups is 1.